The molecule has 10 aromatic rings. The van der Waals surface area contributed by atoms with Crippen LogP contribution in [0, 0.1) is 6.92 Å². The highest BCUT2D eigenvalue weighted by atomic mass is 16.3. The third-order valence-electron chi connectivity index (χ3n) is 9.59. The Balaban J connectivity index is 1.07. The lowest BCUT2D eigenvalue weighted by Crippen LogP contribution is -2.09. The van der Waals surface area contributed by atoms with Gasteiger partial charge >= 0.3 is 0 Å². The summed E-state index contributed by atoms with van der Waals surface area (Å²) in [6.07, 6.45) is 0. The smallest absolute Gasteiger partial charge is 0.136 e. The van der Waals surface area contributed by atoms with Crippen molar-refractivity contribution >= 4 is 93.9 Å². The molecule has 0 spiro atoms. The molecule has 10 rings (SSSR count). The summed E-state index contributed by atoms with van der Waals surface area (Å²) in [7, 11) is 0. The standard InChI is InChI=1S/C45H30N2O2/c1-28-12-17-36(18-13-28)47(35-10-6-3-7-11-35)37-19-15-30-23-39-41-27-44-40(26-45(41)49-43(39)25-32(30)21-37)38-22-29-14-16-34(20-31(29)24-42(38)48-44)46-33-8-4-2-5-9-33/h2-27,46H,1H3. The number of para-hydroxylation sites is 2. The number of nitrogens with one attached hydrogen (secondary N) is 1. The summed E-state index contributed by atoms with van der Waals surface area (Å²) < 4.78 is 13.1. The molecule has 0 fully saturated rings. The minimum Gasteiger partial charge on any atom is -0.456 e. The van der Waals surface area contributed by atoms with Crippen LogP contribution in [0.25, 0.3) is 65.4 Å². The maximum absolute atomic E-state index is 6.57. The van der Waals surface area contributed by atoms with Crippen LogP contribution in [0.3, 0.4) is 0 Å². The van der Waals surface area contributed by atoms with Crippen molar-refractivity contribution in [2.75, 3.05) is 10.2 Å². The fourth-order valence-corrected chi connectivity index (χ4v) is 7.14. The molecule has 0 bridgehead atoms. The first-order valence-corrected chi connectivity index (χ1v) is 16.6. The highest BCUT2D eigenvalue weighted by Gasteiger charge is 2.17. The summed E-state index contributed by atoms with van der Waals surface area (Å²) in [6.45, 7) is 2.12. The fraction of sp³-hybridized carbons (Fsp3) is 0.0222. The molecule has 4 nitrogen and oxygen atoms in total. The maximum atomic E-state index is 6.57. The largest absolute Gasteiger partial charge is 0.456 e. The minimum atomic E-state index is 0.855. The normalized spacial score (nSPS) is 11.8. The summed E-state index contributed by atoms with van der Waals surface area (Å²) in [5, 5.41) is 12.3. The van der Waals surface area contributed by atoms with Gasteiger partial charge in [0.05, 0.1) is 0 Å². The topological polar surface area (TPSA) is 41.6 Å². The number of anilines is 5. The van der Waals surface area contributed by atoms with Gasteiger partial charge in [-0.2, -0.15) is 0 Å². The Bertz CT molecular complexity index is 2850. The monoisotopic (exact) mass is 630 g/mol. The van der Waals surface area contributed by atoms with Gasteiger partial charge < -0.3 is 19.1 Å². The molecule has 232 valence electrons. The maximum Gasteiger partial charge on any atom is 0.136 e. The Morgan fingerprint density at radius 2 is 0.898 bits per heavy atom. The summed E-state index contributed by atoms with van der Waals surface area (Å²) in [5.41, 5.74) is 10.1. The van der Waals surface area contributed by atoms with E-state index in [1.165, 1.54) is 5.56 Å². The van der Waals surface area contributed by atoms with Crippen molar-refractivity contribution in [2.24, 2.45) is 0 Å². The molecule has 0 radical (unpaired) electrons. The van der Waals surface area contributed by atoms with E-state index in [-0.39, 0.29) is 0 Å². The average Bonchev–Trinajstić information content (AvgIpc) is 3.66. The molecule has 0 aliphatic heterocycles. The van der Waals surface area contributed by atoms with E-state index in [4.69, 9.17) is 8.83 Å². The van der Waals surface area contributed by atoms with Crippen LogP contribution in [0.4, 0.5) is 28.4 Å². The lowest BCUT2D eigenvalue weighted by molar-refractivity contribution is 0.664. The lowest BCUT2D eigenvalue weighted by Gasteiger charge is -2.26. The SMILES string of the molecule is Cc1ccc(N(c2ccccc2)c2ccc3cc4c(cc3c2)oc2cc3c(cc24)oc2cc4cc(Nc5ccccc5)ccc4cc23)cc1. The summed E-state index contributed by atoms with van der Waals surface area (Å²) in [6, 6.07) is 55.6. The first kappa shape index (κ1) is 27.6. The average molecular weight is 631 g/mol. The first-order valence-electron chi connectivity index (χ1n) is 16.6. The second-order valence-electron chi connectivity index (χ2n) is 12.8. The predicted molar refractivity (Wildman–Crippen MR) is 205 cm³/mol. The van der Waals surface area contributed by atoms with Gasteiger partial charge in [0.1, 0.15) is 22.3 Å². The van der Waals surface area contributed by atoms with E-state index in [9.17, 15) is 0 Å². The van der Waals surface area contributed by atoms with Crippen molar-refractivity contribution in [3.05, 3.63) is 163 Å². The van der Waals surface area contributed by atoms with Gasteiger partial charge in [-0.3, -0.25) is 0 Å². The van der Waals surface area contributed by atoms with E-state index in [1.807, 2.05) is 18.2 Å². The van der Waals surface area contributed by atoms with Crippen molar-refractivity contribution in [1.82, 2.24) is 0 Å². The van der Waals surface area contributed by atoms with Gasteiger partial charge in [0, 0.05) is 50.0 Å². The molecule has 1 N–H and O–H groups in total. The van der Waals surface area contributed by atoms with Crippen LogP contribution in [-0.4, -0.2) is 0 Å². The number of furan rings is 2. The second kappa shape index (κ2) is 10.8. The molecule has 0 unspecified atom stereocenters. The van der Waals surface area contributed by atoms with Gasteiger partial charge in [0.15, 0.2) is 0 Å². The van der Waals surface area contributed by atoms with Crippen LogP contribution in [0.1, 0.15) is 5.56 Å². The molecule has 2 aromatic heterocycles. The highest BCUT2D eigenvalue weighted by molar-refractivity contribution is 6.18. The van der Waals surface area contributed by atoms with Crippen LogP contribution in [-0.2, 0) is 0 Å². The molecular formula is C45H30N2O2. The summed E-state index contributed by atoms with van der Waals surface area (Å²) in [5.74, 6) is 0. The zero-order chi connectivity index (χ0) is 32.5. The van der Waals surface area contributed by atoms with Gasteiger partial charge in [-0.05, 0) is 126 Å². The Morgan fingerprint density at radius 1 is 0.388 bits per heavy atom. The number of aryl methyl sites for hydroxylation is 1. The van der Waals surface area contributed by atoms with Gasteiger partial charge in [-0.25, -0.2) is 0 Å². The molecule has 0 aliphatic rings. The first-order chi connectivity index (χ1) is 24.1. The Labute approximate surface area is 282 Å². The summed E-state index contributed by atoms with van der Waals surface area (Å²) >= 11 is 0. The van der Waals surface area contributed by atoms with Crippen molar-refractivity contribution in [2.45, 2.75) is 6.92 Å². The number of hydrogen-bond donors (Lipinski definition) is 1. The van der Waals surface area contributed by atoms with Crippen molar-refractivity contribution in [1.29, 1.82) is 0 Å². The molecule has 0 amide bonds. The third-order valence-corrected chi connectivity index (χ3v) is 9.59. The number of nitrogens with zero attached hydrogens (tertiary/aromatic N) is 1. The van der Waals surface area contributed by atoms with Crippen molar-refractivity contribution < 1.29 is 8.83 Å². The molecule has 4 heteroatoms. The zero-order valence-corrected chi connectivity index (χ0v) is 26.8. The number of rotatable bonds is 5. The van der Waals surface area contributed by atoms with E-state index in [1.54, 1.807) is 0 Å². The molecule has 49 heavy (non-hydrogen) atoms. The molecule has 8 aromatic carbocycles. The quantitative estimate of drug-likeness (QED) is 0.205. The zero-order valence-electron chi connectivity index (χ0n) is 26.8. The predicted octanol–water partition coefficient (Wildman–Crippen LogP) is 13.3. The van der Waals surface area contributed by atoms with Crippen LogP contribution in [0.2, 0.25) is 0 Å². The molecular weight excluding hydrogens is 601 g/mol. The third kappa shape index (κ3) is 4.68. The van der Waals surface area contributed by atoms with Crippen LogP contribution in [0.15, 0.2) is 167 Å². The van der Waals surface area contributed by atoms with E-state index in [2.05, 4.69) is 157 Å². The second-order valence-corrected chi connectivity index (χ2v) is 12.8. The van der Waals surface area contributed by atoms with Crippen LogP contribution < -0.4 is 10.2 Å². The van der Waals surface area contributed by atoms with Gasteiger partial charge in [0.2, 0.25) is 0 Å². The Hall–Kier alpha value is -6.52. The number of fused-ring (bicyclic) bond motifs is 8. The Kier molecular flexibility index (Phi) is 6.06. The van der Waals surface area contributed by atoms with Gasteiger partial charge in [-0.15, -0.1) is 0 Å². The van der Waals surface area contributed by atoms with Crippen LogP contribution in [0.5, 0.6) is 0 Å². The summed E-state index contributed by atoms with van der Waals surface area (Å²) in [4.78, 5) is 2.30. The molecule has 0 aliphatic carbocycles. The highest BCUT2D eigenvalue weighted by Crippen LogP contribution is 2.41. The van der Waals surface area contributed by atoms with E-state index in [0.29, 0.717) is 0 Å². The molecule has 2 heterocycles. The molecule has 0 saturated heterocycles. The fourth-order valence-electron chi connectivity index (χ4n) is 7.14. The number of benzene rings is 8. The van der Waals surface area contributed by atoms with E-state index >= 15 is 0 Å². The lowest BCUT2D eigenvalue weighted by atomic mass is 10.0. The van der Waals surface area contributed by atoms with Crippen LogP contribution >= 0.6 is 0 Å². The van der Waals surface area contributed by atoms with Crippen molar-refractivity contribution in [3.8, 4) is 0 Å². The van der Waals surface area contributed by atoms with Gasteiger partial charge in [0.25, 0.3) is 0 Å². The van der Waals surface area contributed by atoms with E-state index in [0.717, 1.165) is 93.9 Å². The van der Waals surface area contributed by atoms with Crippen molar-refractivity contribution in [3.63, 3.8) is 0 Å². The number of hydrogen-bond acceptors (Lipinski definition) is 4. The molecule has 0 atom stereocenters. The molecule has 0 saturated carbocycles. The van der Waals surface area contributed by atoms with E-state index < -0.39 is 0 Å². The Morgan fingerprint density at radius 3 is 1.55 bits per heavy atom. The van der Waals surface area contributed by atoms with Gasteiger partial charge in [-0.1, -0.05) is 66.2 Å². The minimum absolute atomic E-state index is 0.855.